The molecule has 0 aliphatic carbocycles. The van der Waals surface area contributed by atoms with Gasteiger partial charge in [0.25, 0.3) is 5.88 Å². The summed E-state index contributed by atoms with van der Waals surface area (Å²) in [6.07, 6.45) is 2.92. The van der Waals surface area contributed by atoms with Crippen molar-refractivity contribution >= 4 is 17.2 Å². The first kappa shape index (κ1) is 21.9. The summed E-state index contributed by atoms with van der Waals surface area (Å²) in [5.74, 6) is 1.36. The molecule has 4 aromatic rings. The highest BCUT2D eigenvalue weighted by Gasteiger charge is 2.17. The molecule has 0 saturated heterocycles. The van der Waals surface area contributed by atoms with Crippen molar-refractivity contribution in [1.82, 2.24) is 19.2 Å². The first-order valence-corrected chi connectivity index (χ1v) is 10.1. The van der Waals surface area contributed by atoms with Crippen LogP contribution in [0.1, 0.15) is 11.1 Å². The molecule has 1 amide bonds. The third kappa shape index (κ3) is 4.36. The standard InChI is InChI=1S/C23H23N5O5/c1-14-6-5-7-17(15(14)2)33-22-21-26-28(23(30)27(21)11-10-24-22)13-20(29)25-16-8-9-18(31-3)19(12-16)32-4/h5-12H,13H2,1-4H3,(H,25,29). The van der Waals surface area contributed by atoms with E-state index >= 15 is 0 Å². The Hall–Kier alpha value is -4.34. The highest BCUT2D eigenvalue weighted by atomic mass is 16.5. The number of hydrogen-bond acceptors (Lipinski definition) is 7. The fraction of sp³-hybridized carbons (Fsp3) is 0.217. The van der Waals surface area contributed by atoms with Gasteiger partial charge >= 0.3 is 5.69 Å². The highest BCUT2D eigenvalue weighted by molar-refractivity contribution is 5.90. The number of benzene rings is 2. The predicted octanol–water partition coefficient (Wildman–Crippen LogP) is 2.96. The zero-order chi connectivity index (χ0) is 23.5. The van der Waals surface area contributed by atoms with Crippen LogP contribution in [0.25, 0.3) is 5.65 Å². The number of methoxy groups -OCH3 is 2. The number of aromatic nitrogens is 4. The minimum atomic E-state index is -0.485. The molecule has 0 bridgehead atoms. The van der Waals surface area contributed by atoms with Crippen LogP contribution in [0.3, 0.4) is 0 Å². The van der Waals surface area contributed by atoms with Crippen molar-refractivity contribution in [2.24, 2.45) is 0 Å². The van der Waals surface area contributed by atoms with E-state index in [2.05, 4.69) is 15.4 Å². The molecule has 0 unspecified atom stereocenters. The first-order valence-electron chi connectivity index (χ1n) is 10.1. The lowest BCUT2D eigenvalue weighted by Gasteiger charge is -2.10. The van der Waals surface area contributed by atoms with E-state index in [4.69, 9.17) is 14.2 Å². The summed E-state index contributed by atoms with van der Waals surface area (Å²) in [7, 11) is 3.03. The lowest BCUT2D eigenvalue weighted by Crippen LogP contribution is -2.28. The lowest BCUT2D eigenvalue weighted by molar-refractivity contribution is -0.117. The third-order valence-corrected chi connectivity index (χ3v) is 5.19. The van der Waals surface area contributed by atoms with Crippen molar-refractivity contribution in [2.45, 2.75) is 20.4 Å². The molecule has 0 atom stereocenters. The van der Waals surface area contributed by atoms with Crippen molar-refractivity contribution in [3.05, 3.63) is 70.4 Å². The second kappa shape index (κ2) is 9.03. The Morgan fingerprint density at radius 2 is 1.85 bits per heavy atom. The molecular formula is C23H23N5O5. The minimum absolute atomic E-state index is 0.169. The van der Waals surface area contributed by atoms with Crippen LogP contribution in [0.2, 0.25) is 0 Å². The summed E-state index contributed by atoms with van der Waals surface area (Å²) >= 11 is 0. The van der Waals surface area contributed by atoms with Crippen LogP contribution in [0.4, 0.5) is 5.69 Å². The molecule has 0 spiro atoms. The lowest BCUT2D eigenvalue weighted by atomic mass is 10.1. The Morgan fingerprint density at radius 1 is 1.06 bits per heavy atom. The van der Waals surface area contributed by atoms with Gasteiger partial charge in [0.05, 0.1) is 14.2 Å². The molecular weight excluding hydrogens is 426 g/mol. The Labute approximate surface area is 189 Å². The van der Waals surface area contributed by atoms with Crippen molar-refractivity contribution < 1.29 is 19.0 Å². The topological polar surface area (TPSA) is 109 Å². The first-order chi connectivity index (χ1) is 15.9. The summed E-state index contributed by atoms with van der Waals surface area (Å²) in [4.78, 5) is 29.6. The van der Waals surface area contributed by atoms with Gasteiger partial charge in [-0.1, -0.05) is 12.1 Å². The van der Waals surface area contributed by atoms with Gasteiger partial charge in [-0.05, 0) is 43.2 Å². The Bertz CT molecular complexity index is 1390. The number of ether oxygens (including phenoxy) is 3. The Kier molecular flexibility index (Phi) is 5.99. The quantitative estimate of drug-likeness (QED) is 0.462. The normalized spacial score (nSPS) is 10.8. The van der Waals surface area contributed by atoms with Crippen LogP contribution in [-0.2, 0) is 11.3 Å². The number of carbonyl (C=O) groups excluding carboxylic acids is 1. The number of nitrogens with zero attached hydrogens (tertiary/aromatic N) is 4. The van der Waals surface area contributed by atoms with Gasteiger partial charge in [0.2, 0.25) is 11.6 Å². The van der Waals surface area contributed by atoms with Crippen molar-refractivity contribution in [2.75, 3.05) is 19.5 Å². The maximum absolute atomic E-state index is 12.8. The van der Waals surface area contributed by atoms with E-state index < -0.39 is 11.6 Å². The van der Waals surface area contributed by atoms with Gasteiger partial charge in [-0.25, -0.2) is 18.9 Å². The van der Waals surface area contributed by atoms with E-state index in [9.17, 15) is 9.59 Å². The highest BCUT2D eigenvalue weighted by Crippen LogP contribution is 2.30. The number of anilines is 1. The number of hydrogen-bond donors (Lipinski definition) is 1. The fourth-order valence-electron chi connectivity index (χ4n) is 3.29. The minimum Gasteiger partial charge on any atom is -0.493 e. The summed E-state index contributed by atoms with van der Waals surface area (Å²) < 4.78 is 18.7. The summed E-state index contributed by atoms with van der Waals surface area (Å²) in [6, 6.07) is 10.6. The van der Waals surface area contributed by atoms with E-state index in [1.165, 1.54) is 31.0 Å². The molecule has 10 nitrogen and oxygen atoms in total. The molecule has 170 valence electrons. The zero-order valence-corrected chi connectivity index (χ0v) is 18.7. The van der Waals surface area contributed by atoms with Crippen LogP contribution in [0.15, 0.2) is 53.6 Å². The summed E-state index contributed by atoms with van der Waals surface area (Å²) in [5.41, 5.74) is 2.24. The predicted molar refractivity (Wildman–Crippen MR) is 121 cm³/mol. The van der Waals surface area contributed by atoms with E-state index in [-0.39, 0.29) is 18.1 Å². The molecule has 2 aromatic carbocycles. The maximum Gasteiger partial charge on any atom is 0.351 e. The molecule has 0 aliphatic rings. The van der Waals surface area contributed by atoms with Crippen molar-refractivity contribution in [3.8, 4) is 23.1 Å². The van der Waals surface area contributed by atoms with Crippen LogP contribution in [-0.4, -0.2) is 39.3 Å². The Morgan fingerprint density at radius 3 is 2.61 bits per heavy atom. The van der Waals surface area contributed by atoms with Crippen molar-refractivity contribution in [1.29, 1.82) is 0 Å². The van der Waals surface area contributed by atoms with E-state index in [1.54, 1.807) is 18.2 Å². The number of carbonyl (C=O) groups is 1. The average molecular weight is 449 g/mol. The van der Waals surface area contributed by atoms with Gasteiger partial charge in [0, 0.05) is 24.1 Å². The van der Waals surface area contributed by atoms with Gasteiger partial charge < -0.3 is 19.5 Å². The van der Waals surface area contributed by atoms with Crippen LogP contribution < -0.4 is 25.2 Å². The average Bonchev–Trinajstić information content (AvgIpc) is 3.12. The van der Waals surface area contributed by atoms with Crippen molar-refractivity contribution in [3.63, 3.8) is 0 Å². The van der Waals surface area contributed by atoms with E-state index in [0.29, 0.717) is 22.9 Å². The number of rotatable bonds is 7. The molecule has 0 aliphatic heterocycles. The zero-order valence-electron chi connectivity index (χ0n) is 18.7. The molecule has 0 fully saturated rings. The molecule has 1 N–H and O–H groups in total. The molecule has 0 saturated carbocycles. The van der Waals surface area contributed by atoms with Gasteiger partial charge in [-0.15, -0.1) is 5.10 Å². The molecule has 0 radical (unpaired) electrons. The second-order valence-corrected chi connectivity index (χ2v) is 7.28. The van der Waals surface area contributed by atoms with Crippen LogP contribution in [0, 0.1) is 13.8 Å². The summed E-state index contributed by atoms with van der Waals surface area (Å²) in [6.45, 7) is 3.62. The number of fused-ring (bicyclic) bond motifs is 1. The smallest absolute Gasteiger partial charge is 0.351 e. The molecule has 2 aromatic heterocycles. The molecule has 33 heavy (non-hydrogen) atoms. The second-order valence-electron chi connectivity index (χ2n) is 7.28. The van der Waals surface area contributed by atoms with Crippen LogP contribution in [0.5, 0.6) is 23.1 Å². The van der Waals surface area contributed by atoms with Gasteiger partial charge in [-0.2, -0.15) is 0 Å². The van der Waals surface area contributed by atoms with E-state index in [1.807, 2.05) is 32.0 Å². The van der Waals surface area contributed by atoms with E-state index in [0.717, 1.165) is 15.8 Å². The number of nitrogens with one attached hydrogen (secondary N) is 1. The van der Waals surface area contributed by atoms with Gasteiger partial charge in [0.15, 0.2) is 11.5 Å². The van der Waals surface area contributed by atoms with Gasteiger partial charge in [0.1, 0.15) is 12.3 Å². The van der Waals surface area contributed by atoms with Crippen LogP contribution >= 0.6 is 0 Å². The fourth-order valence-corrected chi connectivity index (χ4v) is 3.29. The SMILES string of the molecule is COc1ccc(NC(=O)Cn2nc3c(Oc4cccc(C)c4C)nccn3c2=O)cc1OC. The third-order valence-electron chi connectivity index (χ3n) is 5.19. The largest absolute Gasteiger partial charge is 0.493 e. The maximum atomic E-state index is 12.8. The molecule has 2 heterocycles. The number of aryl methyl sites for hydroxylation is 1. The molecule has 10 heteroatoms. The number of amides is 1. The molecule has 4 rings (SSSR count). The Balaban J connectivity index is 1.58. The monoisotopic (exact) mass is 449 g/mol. The van der Waals surface area contributed by atoms with Gasteiger partial charge in [-0.3, -0.25) is 4.79 Å². The summed E-state index contributed by atoms with van der Waals surface area (Å²) in [5, 5.41) is 7.00.